The number of carbonyl (C=O) groups is 2. The van der Waals surface area contributed by atoms with Gasteiger partial charge < -0.3 is 9.80 Å². The highest BCUT2D eigenvalue weighted by Gasteiger charge is 2.31. The first-order valence-electron chi connectivity index (χ1n) is 6.62. The standard InChI is InChI=1S/C14H14BrFN2O2/c15-10-6-9-3-5-18(14(9)11(16)7-10)13(20)8-17-4-1-2-12(17)19/h6-7H,1-5,8H2. The lowest BCUT2D eigenvalue weighted by molar-refractivity contribution is -0.132. The minimum atomic E-state index is -0.395. The molecule has 3 rings (SSSR count). The normalized spacial score (nSPS) is 17.8. The fourth-order valence-corrected chi connectivity index (χ4v) is 3.30. The zero-order chi connectivity index (χ0) is 14.3. The van der Waals surface area contributed by atoms with E-state index < -0.39 is 5.82 Å². The molecule has 0 atom stereocenters. The number of anilines is 1. The Hall–Kier alpha value is -1.43. The lowest BCUT2D eigenvalue weighted by Gasteiger charge is -2.22. The Morgan fingerprint density at radius 2 is 2.10 bits per heavy atom. The van der Waals surface area contributed by atoms with Crippen molar-refractivity contribution in [1.82, 2.24) is 4.90 Å². The molecule has 106 valence electrons. The van der Waals surface area contributed by atoms with Gasteiger partial charge in [0.25, 0.3) is 0 Å². The van der Waals surface area contributed by atoms with Gasteiger partial charge in [-0.2, -0.15) is 0 Å². The molecule has 1 fully saturated rings. The van der Waals surface area contributed by atoms with Crippen molar-refractivity contribution in [3.8, 4) is 0 Å². The van der Waals surface area contributed by atoms with E-state index >= 15 is 0 Å². The Balaban J connectivity index is 1.80. The first-order chi connectivity index (χ1) is 9.56. The van der Waals surface area contributed by atoms with Crippen LogP contribution in [-0.2, 0) is 16.0 Å². The summed E-state index contributed by atoms with van der Waals surface area (Å²) in [4.78, 5) is 26.9. The number of amides is 2. The van der Waals surface area contributed by atoms with Gasteiger partial charge in [-0.05, 0) is 30.5 Å². The van der Waals surface area contributed by atoms with Crippen LogP contribution in [0.25, 0.3) is 0 Å². The van der Waals surface area contributed by atoms with E-state index in [4.69, 9.17) is 0 Å². The summed E-state index contributed by atoms with van der Waals surface area (Å²) in [6.07, 6.45) is 1.95. The van der Waals surface area contributed by atoms with Crippen LogP contribution in [0.1, 0.15) is 18.4 Å². The third-order valence-electron chi connectivity index (χ3n) is 3.78. The summed E-state index contributed by atoms with van der Waals surface area (Å²) >= 11 is 3.26. The van der Waals surface area contributed by atoms with Crippen molar-refractivity contribution in [3.63, 3.8) is 0 Å². The van der Waals surface area contributed by atoms with E-state index in [2.05, 4.69) is 15.9 Å². The second-order valence-electron chi connectivity index (χ2n) is 5.11. The van der Waals surface area contributed by atoms with Gasteiger partial charge in [-0.1, -0.05) is 15.9 Å². The summed E-state index contributed by atoms with van der Waals surface area (Å²) < 4.78 is 14.7. The highest BCUT2D eigenvalue weighted by atomic mass is 79.9. The number of likely N-dealkylation sites (tertiary alicyclic amines) is 1. The summed E-state index contributed by atoms with van der Waals surface area (Å²) in [5.41, 5.74) is 1.20. The van der Waals surface area contributed by atoms with Gasteiger partial charge in [-0.15, -0.1) is 0 Å². The molecular weight excluding hydrogens is 327 g/mol. The van der Waals surface area contributed by atoms with Crippen molar-refractivity contribution < 1.29 is 14.0 Å². The molecule has 1 aromatic rings. The molecular formula is C14H14BrFN2O2. The van der Waals surface area contributed by atoms with Gasteiger partial charge in [0.15, 0.2) is 0 Å². The van der Waals surface area contributed by atoms with Crippen molar-refractivity contribution in [2.45, 2.75) is 19.3 Å². The predicted octanol–water partition coefficient (Wildman–Crippen LogP) is 2.10. The summed E-state index contributed by atoms with van der Waals surface area (Å²) in [6, 6.07) is 3.21. The molecule has 0 spiro atoms. The molecule has 2 amide bonds. The number of halogens is 2. The number of nitrogens with zero attached hydrogens (tertiary/aromatic N) is 2. The number of carbonyl (C=O) groups excluding carboxylic acids is 2. The Morgan fingerprint density at radius 1 is 1.30 bits per heavy atom. The molecule has 0 radical (unpaired) electrons. The Kier molecular flexibility index (Phi) is 3.50. The maximum absolute atomic E-state index is 14.0. The first kappa shape index (κ1) is 13.5. The fourth-order valence-electron chi connectivity index (χ4n) is 2.83. The van der Waals surface area contributed by atoms with Crippen LogP contribution in [0, 0.1) is 5.82 Å². The van der Waals surface area contributed by atoms with E-state index in [1.807, 2.05) is 6.07 Å². The van der Waals surface area contributed by atoms with E-state index in [1.54, 1.807) is 4.90 Å². The van der Waals surface area contributed by atoms with Crippen LogP contribution in [0.3, 0.4) is 0 Å². The molecule has 1 aromatic carbocycles. The monoisotopic (exact) mass is 340 g/mol. The van der Waals surface area contributed by atoms with Crippen LogP contribution in [0.5, 0.6) is 0 Å². The van der Waals surface area contributed by atoms with Crippen molar-refractivity contribution in [2.75, 3.05) is 24.5 Å². The molecule has 0 aliphatic carbocycles. The summed E-state index contributed by atoms with van der Waals surface area (Å²) in [5, 5.41) is 0. The fraction of sp³-hybridized carbons (Fsp3) is 0.429. The highest BCUT2D eigenvalue weighted by Crippen LogP contribution is 2.33. The maximum Gasteiger partial charge on any atom is 0.246 e. The van der Waals surface area contributed by atoms with E-state index in [9.17, 15) is 14.0 Å². The molecule has 20 heavy (non-hydrogen) atoms. The summed E-state index contributed by atoms with van der Waals surface area (Å²) in [7, 11) is 0. The lowest BCUT2D eigenvalue weighted by Crippen LogP contribution is -2.40. The van der Waals surface area contributed by atoms with Crippen molar-refractivity contribution in [2.24, 2.45) is 0 Å². The van der Waals surface area contributed by atoms with Gasteiger partial charge in [-0.25, -0.2) is 4.39 Å². The Morgan fingerprint density at radius 3 is 2.80 bits per heavy atom. The van der Waals surface area contributed by atoms with Gasteiger partial charge in [0.2, 0.25) is 11.8 Å². The quantitative estimate of drug-likeness (QED) is 0.827. The minimum Gasteiger partial charge on any atom is -0.333 e. The van der Waals surface area contributed by atoms with Crippen LogP contribution in [0.15, 0.2) is 16.6 Å². The number of fused-ring (bicyclic) bond motifs is 1. The molecule has 0 N–H and O–H groups in total. The topological polar surface area (TPSA) is 40.6 Å². The molecule has 0 unspecified atom stereocenters. The zero-order valence-corrected chi connectivity index (χ0v) is 12.5. The van der Waals surface area contributed by atoms with Crippen LogP contribution >= 0.6 is 15.9 Å². The van der Waals surface area contributed by atoms with Crippen LogP contribution < -0.4 is 4.90 Å². The second-order valence-corrected chi connectivity index (χ2v) is 6.03. The van der Waals surface area contributed by atoms with Gasteiger partial charge in [0, 0.05) is 24.0 Å². The molecule has 6 heteroatoms. The SMILES string of the molecule is O=C1CCCN1CC(=O)N1CCc2cc(Br)cc(F)c21. The second kappa shape index (κ2) is 5.16. The number of hydrogen-bond donors (Lipinski definition) is 0. The molecule has 0 bridgehead atoms. The Labute approximate surface area is 124 Å². The van der Waals surface area contributed by atoms with Crippen LogP contribution in [-0.4, -0.2) is 36.3 Å². The largest absolute Gasteiger partial charge is 0.333 e. The Bertz CT molecular complexity index is 591. The van der Waals surface area contributed by atoms with Crippen molar-refractivity contribution in [1.29, 1.82) is 0 Å². The predicted molar refractivity (Wildman–Crippen MR) is 76.0 cm³/mol. The van der Waals surface area contributed by atoms with Gasteiger partial charge in [-0.3, -0.25) is 9.59 Å². The van der Waals surface area contributed by atoms with Crippen molar-refractivity contribution in [3.05, 3.63) is 28.0 Å². The van der Waals surface area contributed by atoms with E-state index in [0.717, 1.165) is 12.0 Å². The van der Waals surface area contributed by atoms with Gasteiger partial charge in [0.05, 0.1) is 5.69 Å². The third kappa shape index (κ3) is 2.32. The minimum absolute atomic E-state index is 0.00838. The smallest absolute Gasteiger partial charge is 0.246 e. The zero-order valence-electron chi connectivity index (χ0n) is 10.9. The van der Waals surface area contributed by atoms with E-state index in [1.165, 1.54) is 11.0 Å². The number of hydrogen-bond acceptors (Lipinski definition) is 2. The maximum atomic E-state index is 14.0. The molecule has 0 aromatic heterocycles. The molecule has 2 aliphatic rings. The van der Waals surface area contributed by atoms with Gasteiger partial charge >= 0.3 is 0 Å². The summed E-state index contributed by atoms with van der Waals surface area (Å²) in [5.74, 6) is -0.595. The lowest BCUT2D eigenvalue weighted by atomic mass is 10.1. The molecule has 1 saturated heterocycles. The summed E-state index contributed by atoms with van der Waals surface area (Å²) in [6.45, 7) is 1.14. The number of rotatable bonds is 2. The molecule has 2 heterocycles. The third-order valence-corrected chi connectivity index (χ3v) is 4.24. The van der Waals surface area contributed by atoms with Crippen LogP contribution in [0.4, 0.5) is 10.1 Å². The highest BCUT2D eigenvalue weighted by molar-refractivity contribution is 9.10. The van der Waals surface area contributed by atoms with Gasteiger partial charge in [0.1, 0.15) is 12.4 Å². The van der Waals surface area contributed by atoms with Crippen molar-refractivity contribution >= 4 is 33.4 Å². The average Bonchev–Trinajstić information content (AvgIpc) is 2.96. The molecule has 2 aliphatic heterocycles. The molecule has 4 nitrogen and oxygen atoms in total. The van der Waals surface area contributed by atoms with E-state index in [-0.39, 0.29) is 18.4 Å². The number of benzene rings is 1. The molecule has 0 saturated carbocycles. The first-order valence-corrected chi connectivity index (χ1v) is 7.41. The van der Waals surface area contributed by atoms with E-state index in [0.29, 0.717) is 36.1 Å². The average molecular weight is 341 g/mol. The van der Waals surface area contributed by atoms with Crippen LogP contribution in [0.2, 0.25) is 0 Å².